The van der Waals surface area contributed by atoms with Crippen molar-refractivity contribution in [2.45, 2.75) is 13.0 Å². The van der Waals surface area contributed by atoms with Crippen LogP contribution < -0.4 is 10.6 Å². The fraction of sp³-hybridized carbons (Fsp3) is 0.462. The molecule has 5 nitrogen and oxygen atoms in total. The zero-order chi connectivity index (χ0) is 13.1. The maximum Gasteiger partial charge on any atom is 0.239 e. The van der Waals surface area contributed by atoms with Gasteiger partial charge in [-0.3, -0.25) is 4.79 Å². The first-order chi connectivity index (χ1) is 8.59. The molecule has 0 spiro atoms. The number of halogens is 1. The van der Waals surface area contributed by atoms with Gasteiger partial charge in [-0.05, 0) is 19.1 Å². The lowest BCUT2D eigenvalue weighted by Gasteiger charge is -2.36. The largest absolute Gasteiger partial charge is 0.506 e. The van der Waals surface area contributed by atoms with E-state index in [1.54, 1.807) is 24.0 Å². The summed E-state index contributed by atoms with van der Waals surface area (Å²) in [6.45, 7) is 4.44. The van der Waals surface area contributed by atoms with Gasteiger partial charge in [0.05, 0.1) is 11.7 Å². The van der Waals surface area contributed by atoms with Crippen molar-refractivity contribution in [1.82, 2.24) is 4.90 Å². The molecule has 19 heavy (non-hydrogen) atoms. The molecule has 106 valence electrons. The molecule has 1 aromatic carbocycles. The van der Waals surface area contributed by atoms with E-state index in [1.165, 1.54) is 0 Å². The third-order valence-electron chi connectivity index (χ3n) is 3.20. The second kappa shape index (κ2) is 6.63. The average Bonchev–Trinajstić information content (AvgIpc) is 2.38. The Morgan fingerprint density at radius 3 is 2.37 bits per heavy atom. The number of carbonyl (C=O) groups is 1. The van der Waals surface area contributed by atoms with Crippen molar-refractivity contribution in [3.8, 4) is 5.75 Å². The standard InChI is InChI=1S/C13H19N3O2.ClH/c1-10(14)13(18)16-8-6-15(7-9-16)11-4-2-3-5-12(11)17;/h2-5,10,17H,6-9,14H2,1H3;1H/t10-;/m0./s1. The lowest BCUT2D eigenvalue weighted by atomic mass is 10.2. The number of hydrogen-bond donors (Lipinski definition) is 2. The van der Waals surface area contributed by atoms with Crippen LogP contribution in [0.1, 0.15) is 6.92 Å². The van der Waals surface area contributed by atoms with Crippen molar-refractivity contribution in [3.63, 3.8) is 0 Å². The van der Waals surface area contributed by atoms with Crippen LogP contribution in [0.25, 0.3) is 0 Å². The van der Waals surface area contributed by atoms with Gasteiger partial charge in [-0.1, -0.05) is 12.1 Å². The molecule has 1 amide bonds. The first-order valence-electron chi connectivity index (χ1n) is 6.17. The summed E-state index contributed by atoms with van der Waals surface area (Å²) in [4.78, 5) is 15.6. The number of benzene rings is 1. The minimum Gasteiger partial charge on any atom is -0.506 e. The van der Waals surface area contributed by atoms with Crippen molar-refractivity contribution >= 4 is 24.0 Å². The van der Waals surface area contributed by atoms with Crippen molar-refractivity contribution in [2.75, 3.05) is 31.1 Å². The van der Waals surface area contributed by atoms with E-state index in [0.29, 0.717) is 13.1 Å². The van der Waals surface area contributed by atoms with Crippen LogP contribution in [0.3, 0.4) is 0 Å². The van der Waals surface area contributed by atoms with Crippen molar-refractivity contribution in [3.05, 3.63) is 24.3 Å². The third kappa shape index (κ3) is 3.52. The molecule has 1 atom stereocenters. The minimum absolute atomic E-state index is 0. The Labute approximate surface area is 119 Å². The van der Waals surface area contributed by atoms with Crippen molar-refractivity contribution < 1.29 is 9.90 Å². The van der Waals surface area contributed by atoms with E-state index in [2.05, 4.69) is 4.90 Å². The maximum atomic E-state index is 11.7. The highest BCUT2D eigenvalue weighted by atomic mass is 35.5. The van der Waals surface area contributed by atoms with Gasteiger partial charge in [0.25, 0.3) is 0 Å². The van der Waals surface area contributed by atoms with Gasteiger partial charge in [0.1, 0.15) is 5.75 Å². The summed E-state index contributed by atoms with van der Waals surface area (Å²) in [7, 11) is 0. The Morgan fingerprint density at radius 2 is 1.84 bits per heavy atom. The number of hydrogen-bond acceptors (Lipinski definition) is 4. The van der Waals surface area contributed by atoms with Gasteiger partial charge in [0.2, 0.25) is 5.91 Å². The Balaban J connectivity index is 0.00000180. The number of carbonyl (C=O) groups excluding carboxylic acids is 1. The first-order valence-corrected chi connectivity index (χ1v) is 6.17. The molecule has 1 heterocycles. The van der Waals surface area contributed by atoms with Crippen molar-refractivity contribution in [2.24, 2.45) is 5.73 Å². The molecule has 0 radical (unpaired) electrons. The number of rotatable bonds is 2. The highest BCUT2D eigenvalue weighted by Crippen LogP contribution is 2.27. The molecular formula is C13H20ClN3O2. The maximum absolute atomic E-state index is 11.7. The quantitative estimate of drug-likeness (QED) is 0.844. The summed E-state index contributed by atoms with van der Waals surface area (Å²) < 4.78 is 0. The molecule has 0 bridgehead atoms. The molecule has 3 N–H and O–H groups in total. The van der Waals surface area contributed by atoms with E-state index in [4.69, 9.17) is 5.73 Å². The normalized spacial score (nSPS) is 16.7. The topological polar surface area (TPSA) is 69.8 Å². The zero-order valence-corrected chi connectivity index (χ0v) is 11.8. The summed E-state index contributed by atoms with van der Waals surface area (Å²) in [6.07, 6.45) is 0. The molecular weight excluding hydrogens is 266 g/mol. The fourth-order valence-corrected chi connectivity index (χ4v) is 2.19. The van der Waals surface area contributed by atoms with E-state index in [1.807, 2.05) is 12.1 Å². The van der Waals surface area contributed by atoms with E-state index >= 15 is 0 Å². The van der Waals surface area contributed by atoms with E-state index in [0.717, 1.165) is 18.8 Å². The monoisotopic (exact) mass is 285 g/mol. The van der Waals surface area contributed by atoms with Crippen LogP contribution in [-0.2, 0) is 4.79 Å². The molecule has 1 aliphatic rings. The number of amides is 1. The number of nitrogens with two attached hydrogens (primary N) is 1. The number of para-hydroxylation sites is 2. The summed E-state index contributed by atoms with van der Waals surface area (Å²) in [6, 6.07) is 6.82. The van der Waals surface area contributed by atoms with Gasteiger partial charge < -0.3 is 20.6 Å². The predicted octanol–water partition coefficient (Wildman–Crippen LogP) is 0.810. The van der Waals surface area contributed by atoms with Crippen LogP contribution >= 0.6 is 12.4 Å². The van der Waals surface area contributed by atoms with Gasteiger partial charge in [0, 0.05) is 26.2 Å². The third-order valence-corrected chi connectivity index (χ3v) is 3.20. The van der Waals surface area contributed by atoms with Crippen molar-refractivity contribution in [1.29, 1.82) is 0 Å². The molecule has 1 aromatic rings. The van der Waals surface area contributed by atoms with Crippen LogP contribution in [0, 0.1) is 0 Å². The molecule has 1 saturated heterocycles. The van der Waals surface area contributed by atoms with Crippen LogP contribution in [0.15, 0.2) is 24.3 Å². The number of phenolic OH excluding ortho intramolecular Hbond substituents is 1. The Hall–Kier alpha value is -1.46. The summed E-state index contributed by atoms with van der Waals surface area (Å²) in [5.74, 6) is 0.274. The summed E-state index contributed by atoms with van der Waals surface area (Å²) in [5, 5.41) is 9.78. The van der Waals surface area contributed by atoms with Crippen LogP contribution in [0.2, 0.25) is 0 Å². The second-order valence-electron chi connectivity index (χ2n) is 4.59. The first kappa shape index (κ1) is 15.6. The van der Waals surface area contributed by atoms with Gasteiger partial charge in [-0.15, -0.1) is 12.4 Å². The molecule has 1 aliphatic heterocycles. The molecule has 0 unspecified atom stereocenters. The summed E-state index contributed by atoms with van der Waals surface area (Å²) in [5.41, 5.74) is 6.42. The Kier molecular flexibility index (Phi) is 5.44. The smallest absolute Gasteiger partial charge is 0.239 e. The minimum atomic E-state index is -0.443. The van der Waals surface area contributed by atoms with Gasteiger partial charge in [0.15, 0.2) is 0 Å². The molecule has 0 saturated carbocycles. The fourth-order valence-electron chi connectivity index (χ4n) is 2.19. The highest BCUT2D eigenvalue weighted by molar-refractivity contribution is 5.85. The van der Waals surface area contributed by atoms with Crippen LogP contribution in [0.5, 0.6) is 5.75 Å². The van der Waals surface area contributed by atoms with E-state index < -0.39 is 6.04 Å². The highest BCUT2D eigenvalue weighted by Gasteiger charge is 2.23. The molecule has 6 heteroatoms. The van der Waals surface area contributed by atoms with Gasteiger partial charge in [-0.2, -0.15) is 0 Å². The number of piperazine rings is 1. The summed E-state index contributed by atoms with van der Waals surface area (Å²) >= 11 is 0. The van der Waals surface area contributed by atoms with Gasteiger partial charge >= 0.3 is 0 Å². The molecule has 0 aromatic heterocycles. The Morgan fingerprint density at radius 1 is 1.26 bits per heavy atom. The van der Waals surface area contributed by atoms with Crippen LogP contribution in [0.4, 0.5) is 5.69 Å². The Bertz CT molecular complexity index is 432. The molecule has 1 fully saturated rings. The SMILES string of the molecule is C[C@H](N)C(=O)N1CCN(c2ccccc2O)CC1.Cl. The van der Waals surface area contributed by atoms with Gasteiger partial charge in [-0.25, -0.2) is 0 Å². The second-order valence-corrected chi connectivity index (χ2v) is 4.59. The number of nitrogens with zero attached hydrogens (tertiary/aromatic N) is 2. The van der Waals surface area contributed by atoms with E-state index in [9.17, 15) is 9.90 Å². The lowest BCUT2D eigenvalue weighted by Crippen LogP contribution is -2.52. The molecule has 2 rings (SSSR count). The molecule has 0 aliphatic carbocycles. The lowest BCUT2D eigenvalue weighted by molar-refractivity contribution is -0.132. The zero-order valence-electron chi connectivity index (χ0n) is 11.0. The number of aromatic hydroxyl groups is 1. The van der Waals surface area contributed by atoms with Crippen LogP contribution in [-0.4, -0.2) is 48.1 Å². The number of anilines is 1. The average molecular weight is 286 g/mol. The van der Waals surface area contributed by atoms with E-state index in [-0.39, 0.29) is 24.1 Å². The number of phenols is 1. The predicted molar refractivity (Wildman–Crippen MR) is 77.8 cm³/mol.